The van der Waals surface area contributed by atoms with E-state index in [9.17, 15) is 14.4 Å². The van der Waals surface area contributed by atoms with E-state index in [1.54, 1.807) is 29.4 Å². The minimum absolute atomic E-state index is 0.0206. The van der Waals surface area contributed by atoms with Gasteiger partial charge in [0.05, 0.1) is 18.7 Å². The molecule has 0 atom stereocenters. The fourth-order valence-electron chi connectivity index (χ4n) is 4.73. The Labute approximate surface area is 203 Å². The third-order valence-corrected chi connectivity index (χ3v) is 6.54. The molecule has 3 amide bonds. The monoisotopic (exact) mass is 472 g/mol. The molecule has 0 saturated carbocycles. The molecular weight excluding hydrogens is 444 g/mol. The van der Waals surface area contributed by atoms with Crippen molar-refractivity contribution in [3.8, 4) is 0 Å². The van der Waals surface area contributed by atoms with Crippen molar-refractivity contribution < 1.29 is 14.4 Å². The zero-order valence-electron chi connectivity index (χ0n) is 19.5. The van der Waals surface area contributed by atoms with E-state index in [4.69, 9.17) is 5.10 Å². The van der Waals surface area contributed by atoms with Gasteiger partial charge in [0.25, 0.3) is 11.8 Å². The van der Waals surface area contributed by atoms with Crippen LogP contribution >= 0.6 is 0 Å². The summed E-state index contributed by atoms with van der Waals surface area (Å²) in [6.45, 7) is 2.43. The van der Waals surface area contributed by atoms with Crippen molar-refractivity contribution >= 4 is 17.7 Å². The molecule has 9 heteroatoms. The van der Waals surface area contributed by atoms with Gasteiger partial charge in [-0.1, -0.05) is 30.3 Å². The second-order valence-corrected chi connectivity index (χ2v) is 8.88. The predicted molar refractivity (Wildman–Crippen MR) is 129 cm³/mol. The number of aromatic nitrogens is 3. The lowest BCUT2D eigenvalue weighted by atomic mass is 10.0. The molecular formula is C26H28N6O3. The Morgan fingerprint density at radius 1 is 0.971 bits per heavy atom. The first kappa shape index (κ1) is 22.8. The highest BCUT2D eigenvalue weighted by Crippen LogP contribution is 2.26. The van der Waals surface area contributed by atoms with Gasteiger partial charge in [0.15, 0.2) is 5.69 Å². The Kier molecular flexibility index (Phi) is 6.56. The van der Waals surface area contributed by atoms with E-state index in [1.165, 1.54) is 10.5 Å². The fraction of sp³-hybridized carbons (Fsp3) is 0.346. The van der Waals surface area contributed by atoms with Crippen molar-refractivity contribution in [3.63, 3.8) is 0 Å². The molecule has 0 radical (unpaired) electrons. The number of hydrogen-bond acceptors (Lipinski definition) is 5. The van der Waals surface area contributed by atoms with Gasteiger partial charge in [-0.3, -0.25) is 24.0 Å². The van der Waals surface area contributed by atoms with Crippen molar-refractivity contribution in [2.45, 2.75) is 32.4 Å². The lowest BCUT2D eigenvalue weighted by molar-refractivity contribution is -0.123. The van der Waals surface area contributed by atoms with Crippen LogP contribution < -0.4 is 5.32 Å². The molecule has 4 heterocycles. The number of amides is 3. The minimum atomic E-state index is -0.256. The van der Waals surface area contributed by atoms with Crippen LogP contribution in [-0.4, -0.2) is 68.5 Å². The molecule has 1 N–H and O–H groups in total. The Morgan fingerprint density at radius 2 is 1.80 bits per heavy atom. The summed E-state index contributed by atoms with van der Waals surface area (Å²) in [5.41, 5.74) is 3.91. The van der Waals surface area contributed by atoms with Crippen LogP contribution in [0.15, 0.2) is 54.9 Å². The largest absolute Gasteiger partial charge is 0.353 e. The molecule has 0 aliphatic carbocycles. The molecule has 2 aromatic heterocycles. The lowest BCUT2D eigenvalue weighted by Gasteiger charge is -2.29. The maximum atomic E-state index is 13.4. The van der Waals surface area contributed by atoms with Gasteiger partial charge in [0, 0.05) is 56.3 Å². The van der Waals surface area contributed by atoms with Gasteiger partial charge < -0.3 is 15.1 Å². The number of piperazine rings is 1. The minimum Gasteiger partial charge on any atom is -0.353 e. The molecule has 1 aromatic carbocycles. The molecule has 3 aromatic rings. The Morgan fingerprint density at radius 3 is 2.57 bits per heavy atom. The van der Waals surface area contributed by atoms with Gasteiger partial charge in [-0.2, -0.15) is 5.10 Å². The van der Waals surface area contributed by atoms with E-state index in [0.717, 1.165) is 24.1 Å². The normalized spacial score (nSPS) is 15.5. The lowest BCUT2D eigenvalue weighted by Crippen LogP contribution is -2.50. The number of nitrogens with zero attached hydrogens (tertiary/aromatic N) is 5. The second-order valence-electron chi connectivity index (χ2n) is 8.88. The predicted octanol–water partition coefficient (Wildman–Crippen LogP) is 1.68. The third-order valence-electron chi connectivity index (χ3n) is 6.54. The first-order valence-corrected chi connectivity index (χ1v) is 12.0. The number of aryl methyl sites for hydroxylation is 2. The van der Waals surface area contributed by atoms with Crippen LogP contribution in [-0.2, 0) is 30.7 Å². The summed E-state index contributed by atoms with van der Waals surface area (Å²) < 4.78 is 1.93. The first-order valence-electron chi connectivity index (χ1n) is 12.0. The zero-order valence-corrected chi connectivity index (χ0v) is 19.5. The van der Waals surface area contributed by atoms with Gasteiger partial charge in [-0.05, 0) is 30.5 Å². The van der Waals surface area contributed by atoms with Gasteiger partial charge in [0.1, 0.15) is 0 Å². The van der Waals surface area contributed by atoms with Crippen molar-refractivity contribution in [1.29, 1.82) is 0 Å². The molecule has 1 fully saturated rings. The van der Waals surface area contributed by atoms with Crippen LogP contribution in [0.2, 0.25) is 0 Å². The van der Waals surface area contributed by atoms with Crippen LogP contribution in [0.5, 0.6) is 0 Å². The number of pyridine rings is 1. The van der Waals surface area contributed by atoms with Gasteiger partial charge in [-0.15, -0.1) is 0 Å². The average Bonchev–Trinajstić information content (AvgIpc) is 3.26. The van der Waals surface area contributed by atoms with E-state index < -0.39 is 0 Å². The highest BCUT2D eigenvalue weighted by Gasteiger charge is 2.33. The topological polar surface area (TPSA) is 100 Å². The molecule has 180 valence electrons. The molecule has 35 heavy (non-hydrogen) atoms. The van der Waals surface area contributed by atoms with E-state index in [2.05, 4.69) is 22.4 Å². The maximum absolute atomic E-state index is 13.4. The smallest absolute Gasteiger partial charge is 0.275 e. The SMILES string of the molecule is O=C1CN(C(=O)c2nn(CCCc3ccccc3)c3c2CN(C(=O)c2cccnc2)CC3)CCN1. The molecule has 9 nitrogen and oxygen atoms in total. The third kappa shape index (κ3) is 4.94. The van der Waals surface area contributed by atoms with Crippen LogP contribution in [0, 0.1) is 0 Å². The molecule has 0 bridgehead atoms. The molecule has 2 aliphatic rings. The Balaban J connectivity index is 1.40. The number of nitrogens with one attached hydrogen (secondary N) is 1. The number of hydrogen-bond donors (Lipinski definition) is 1. The first-order chi connectivity index (χ1) is 17.1. The summed E-state index contributed by atoms with van der Waals surface area (Å²) in [6, 6.07) is 13.8. The molecule has 1 saturated heterocycles. The summed E-state index contributed by atoms with van der Waals surface area (Å²) in [5, 5.41) is 7.49. The highest BCUT2D eigenvalue weighted by atomic mass is 16.2. The molecule has 0 spiro atoms. The van der Waals surface area contributed by atoms with E-state index in [-0.39, 0.29) is 24.3 Å². The van der Waals surface area contributed by atoms with Crippen molar-refractivity contribution in [2.75, 3.05) is 26.2 Å². The zero-order chi connectivity index (χ0) is 24.2. The molecule has 2 aliphatic heterocycles. The van der Waals surface area contributed by atoms with E-state index in [0.29, 0.717) is 50.4 Å². The van der Waals surface area contributed by atoms with Crippen molar-refractivity contribution in [3.05, 3.63) is 82.9 Å². The number of fused-ring (bicyclic) bond motifs is 1. The number of carbonyl (C=O) groups is 3. The Bertz CT molecular complexity index is 1220. The number of benzene rings is 1. The summed E-state index contributed by atoms with van der Waals surface area (Å²) >= 11 is 0. The summed E-state index contributed by atoms with van der Waals surface area (Å²) in [6.07, 6.45) is 5.61. The number of carbonyl (C=O) groups excluding carboxylic acids is 3. The molecule has 0 unspecified atom stereocenters. The number of rotatable bonds is 6. The summed E-state index contributed by atoms with van der Waals surface area (Å²) in [7, 11) is 0. The average molecular weight is 473 g/mol. The standard InChI is InChI=1S/C26H28N6O3/c33-23-18-31(15-12-28-23)26(35)24-21-17-30(25(34)20-9-4-11-27-16-20)14-10-22(21)32(29-24)13-5-8-19-6-2-1-3-7-19/h1-4,6-7,9,11,16H,5,8,10,12-15,17-18H2,(H,28,33). The van der Waals surface area contributed by atoms with Crippen LogP contribution in [0.4, 0.5) is 0 Å². The second kappa shape index (κ2) is 10.1. The fourth-order valence-corrected chi connectivity index (χ4v) is 4.73. The van der Waals surface area contributed by atoms with Gasteiger partial charge in [0.2, 0.25) is 5.91 Å². The van der Waals surface area contributed by atoms with Crippen molar-refractivity contribution in [2.24, 2.45) is 0 Å². The van der Waals surface area contributed by atoms with Crippen LogP contribution in [0.1, 0.15) is 44.1 Å². The Hall–Kier alpha value is -4.01. The van der Waals surface area contributed by atoms with Crippen LogP contribution in [0.25, 0.3) is 0 Å². The van der Waals surface area contributed by atoms with E-state index >= 15 is 0 Å². The summed E-state index contributed by atoms with van der Waals surface area (Å²) in [5.74, 6) is -0.543. The van der Waals surface area contributed by atoms with Gasteiger partial charge in [-0.25, -0.2) is 0 Å². The quantitative estimate of drug-likeness (QED) is 0.588. The molecule has 5 rings (SSSR count). The van der Waals surface area contributed by atoms with Gasteiger partial charge >= 0.3 is 0 Å². The van der Waals surface area contributed by atoms with Crippen molar-refractivity contribution in [1.82, 2.24) is 29.9 Å². The highest BCUT2D eigenvalue weighted by molar-refractivity contribution is 5.98. The van der Waals surface area contributed by atoms with E-state index in [1.807, 2.05) is 22.9 Å². The van der Waals surface area contributed by atoms with Crippen LogP contribution in [0.3, 0.4) is 0 Å². The summed E-state index contributed by atoms with van der Waals surface area (Å²) in [4.78, 5) is 45.7. The maximum Gasteiger partial charge on any atom is 0.275 e.